The van der Waals surface area contributed by atoms with E-state index in [9.17, 15) is 13.2 Å². The summed E-state index contributed by atoms with van der Waals surface area (Å²) in [6.07, 6.45) is -3.54. The predicted molar refractivity (Wildman–Crippen MR) is 46.8 cm³/mol. The van der Waals surface area contributed by atoms with Crippen LogP contribution in [0.2, 0.25) is 0 Å². The standard InChI is InChI=1S/C7H13F3N4/c1-2-4-14(5-3-12-13-11)6-7(8,9)10/h2-6H2,1H3. The van der Waals surface area contributed by atoms with Crippen LogP contribution in [0.1, 0.15) is 13.3 Å². The highest BCUT2D eigenvalue weighted by atomic mass is 19.4. The van der Waals surface area contributed by atoms with Crippen LogP contribution >= 0.6 is 0 Å². The first kappa shape index (κ1) is 13.1. The molecule has 0 amide bonds. The minimum atomic E-state index is -4.19. The van der Waals surface area contributed by atoms with Gasteiger partial charge in [-0.1, -0.05) is 12.0 Å². The first-order valence-electron chi connectivity index (χ1n) is 4.29. The summed E-state index contributed by atoms with van der Waals surface area (Å²) >= 11 is 0. The van der Waals surface area contributed by atoms with Crippen LogP contribution in [0.5, 0.6) is 0 Å². The van der Waals surface area contributed by atoms with Gasteiger partial charge in [-0.3, -0.25) is 4.90 Å². The first-order valence-corrected chi connectivity index (χ1v) is 4.29. The lowest BCUT2D eigenvalue weighted by Gasteiger charge is -2.21. The van der Waals surface area contributed by atoms with Crippen LogP contribution in [-0.2, 0) is 0 Å². The molecule has 0 atom stereocenters. The van der Waals surface area contributed by atoms with Crippen molar-refractivity contribution in [3.8, 4) is 0 Å². The van der Waals surface area contributed by atoms with Crippen LogP contribution in [0.15, 0.2) is 5.11 Å². The van der Waals surface area contributed by atoms with E-state index in [-0.39, 0.29) is 13.1 Å². The highest BCUT2D eigenvalue weighted by Gasteiger charge is 2.29. The zero-order valence-electron chi connectivity index (χ0n) is 7.96. The van der Waals surface area contributed by atoms with Crippen LogP contribution < -0.4 is 0 Å². The van der Waals surface area contributed by atoms with Crippen LogP contribution in [0.4, 0.5) is 13.2 Å². The molecule has 0 saturated carbocycles. The summed E-state index contributed by atoms with van der Waals surface area (Å²) in [5, 5.41) is 3.20. The molecule has 0 aromatic heterocycles. The minimum Gasteiger partial charge on any atom is -0.295 e. The van der Waals surface area contributed by atoms with Crippen LogP contribution in [0, 0.1) is 0 Å². The number of nitrogens with zero attached hydrogens (tertiary/aromatic N) is 4. The monoisotopic (exact) mass is 210 g/mol. The lowest BCUT2D eigenvalue weighted by Crippen LogP contribution is -2.36. The van der Waals surface area contributed by atoms with Gasteiger partial charge < -0.3 is 0 Å². The van der Waals surface area contributed by atoms with Gasteiger partial charge >= 0.3 is 6.18 Å². The zero-order chi connectivity index (χ0) is 11.0. The Morgan fingerprint density at radius 3 is 2.43 bits per heavy atom. The molecule has 7 heteroatoms. The molecule has 0 unspecified atom stereocenters. The fourth-order valence-corrected chi connectivity index (χ4v) is 1.07. The highest BCUT2D eigenvalue weighted by molar-refractivity contribution is 4.64. The van der Waals surface area contributed by atoms with Gasteiger partial charge in [0.05, 0.1) is 6.54 Å². The van der Waals surface area contributed by atoms with E-state index in [0.29, 0.717) is 13.0 Å². The fourth-order valence-electron chi connectivity index (χ4n) is 1.07. The molecular weight excluding hydrogens is 197 g/mol. The van der Waals surface area contributed by atoms with E-state index in [1.165, 1.54) is 4.90 Å². The summed E-state index contributed by atoms with van der Waals surface area (Å²) in [5.41, 5.74) is 7.96. The van der Waals surface area contributed by atoms with Crippen molar-refractivity contribution in [2.24, 2.45) is 5.11 Å². The molecule has 0 aromatic carbocycles. The van der Waals surface area contributed by atoms with E-state index in [2.05, 4.69) is 10.0 Å². The molecule has 0 aliphatic carbocycles. The van der Waals surface area contributed by atoms with E-state index in [1.807, 2.05) is 0 Å². The van der Waals surface area contributed by atoms with Crippen molar-refractivity contribution >= 4 is 0 Å². The summed E-state index contributed by atoms with van der Waals surface area (Å²) in [6, 6.07) is 0. The Morgan fingerprint density at radius 2 is 2.00 bits per heavy atom. The second kappa shape index (κ2) is 6.50. The molecule has 82 valence electrons. The molecule has 0 aliphatic rings. The number of rotatable bonds is 6. The van der Waals surface area contributed by atoms with E-state index in [1.54, 1.807) is 6.92 Å². The Morgan fingerprint density at radius 1 is 1.36 bits per heavy atom. The number of halogens is 3. The Kier molecular flexibility index (Phi) is 6.07. The second-order valence-electron chi connectivity index (χ2n) is 2.85. The Labute approximate surface area is 80.3 Å². The third-order valence-electron chi connectivity index (χ3n) is 1.52. The third-order valence-corrected chi connectivity index (χ3v) is 1.52. The zero-order valence-corrected chi connectivity index (χ0v) is 7.96. The van der Waals surface area contributed by atoms with Gasteiger partial charge in [0.25, 0.3) is 0 Å². The molecule has 0 N–H and O–H groups in total. The van der Waals surface area contributed by atoms with Gasteiger partial charge in [0.1, 0.15) is 0 Å². The quantitative estimate of drug-likeness (QED) is 0.377. The number of hydrogen-bond acceptors (Lipinski definition) is 2. The molecule has 4 nitrogen and oxygen atoms in total. The van der Waals surface area contributed by atoms with Crippen molar-refractivity contribution in [3.05, 3.63) is 10.4 Å². The average Bonchev–Trinajstić information content (AvgIpc) is 2.02. The Balaban J connectivity index is 3.94. The van der Waals surface area contributed by atoms with Gasteiger partial charge in [0.2, 0.25) is 0 Å². The molecule has 0 aliphatic heterocycles. The molecule has 0 rings (SSSR count). The normalized spacial score (nSPS) is 11.5. The van der Waals surface area contributed by atoms with Gasteiger partial charge in [0, 0.05) is 18.0 Å². The summed E-state index contributed by atoms with van der Waals surface area (Å²) in [6.45, 7) is 1.45. The Bertz CT molecular complexity index is 198. The van der Waals surface area contributed by atoms with Crippen molar-refractivity contribution in [1.29, 1.82) is 0 Å². The predicted octanol–water partition coefficient (Wildman–Crippen LogP) is 2.57. The largest absolute Gasteiger partial charge is 0.401 e. The van der Waals surface area contributed by atoms with E-state index < -0.39 is 12.7 Å². The number of azide groups is 1. The molecule has 0 aromatic rings. The second-order valence-corrected chi connectivity index (χ2v) is 2.85. The van der Waals surface area contributed by atoms with E-state index in [4.69, 9.17) is 5.53 Å². The smallest absolute Gasteiger partial charge is 0.295 e. The maximum absolute atomic E-state index is 12.0. The van der Waals surface area contributed by atoms with E-state index >= 15 is 0 Å². The molecule has 0 heterocycles. The van der Waals surface area contributed by atoms with Crippen LogP contribution in [0.3, 0.4) is 0 Å². The van der Waals surface area contributed by atoms with Gasteiger partial charge in [-0.05, 0) is 18.5 Å². The molecular formula is C7H13F3N4. The van der Waals surface area contributed by atoms with Gasteiger partial charge in [-0.2, -0.15) is 13.2 Å². The van der Waals surface area contributed by atoms with E-state index in [0.717, 1.165) is 0 Å². The van der Waals surface area contributed by atoms with Crippen molar-refractivity contribution < 1.29 is 13.2 Å². The van der Waals surface area contributed by atoms with Gasteiger partial charge in [-0.15, -0.1) is 0 Å². The number of alkyl halides is 3. The van der Waals surface area contributed by atoms with Crippen LogP contribution in [-0.4, -0.2) is 37.3 Å². The lowest BCUT2D eigenvalue weighted by atomic mass is 10.4. The summed E-state index contributed by atoms with van der Waals surface area (Å²) < 4.78 is 36.0. The molecule has 0 fully saturated rings. The maximum atomic E-state index is 12.0. The fraction of sp³-hybridized carbons (Fsp3) is 1.00. The molecule has 14 heavy (non-hydrogen) atoms. The highest BCUT2D eigenvalue weighted by Crippen LogP contribution is 2.16. The van der Waals surface area contributed by atoms with Crippen molar-refractivity contribution in [2.75, 3.05) is 26.2 Å². The molecule has 0 radical (unpaired) electrons. The first-order chi connectivity index (χ1) is 6.49. The maximum Gasteiger partial charge on any atom is 0.401 e. The summed E-state index contributed by atoms with van der Waals surface area (Å²) in [5.74, 6) is 0. The molecule has 0 saturated heterocycles. The van der Waals surface area contributed by atoms with Gasteiger partial charge in [-0.25, -0.2) is 0 Å². The summed E-state index contributed by atoms with van der Waals surface area (Å²) in [4.78, 5) is 3.71. The van der Waals surface area contributed by atoms with Crippen LogP contribution in [0.25, 0.3) is 10.4 Å². The summed E-state index contributed by atoms with van der Waals surface area (Å²) in [7, 11) is 0. The topological polar surface area (TPSA) is 52.0 Å². The average molecular weight is 210 g/mol. The molecule has 0 spiro atoms. The van der Waals surface area contributed by atoms with Crippen molar-refractivity contribution in [2.45, 2.75) is 19.5 Å². The lowest BCUT2D eigenvalue weighted by molar-refractivity contribution is -0.145. The molecule has 0 bridgehead atoms. The minimum absolute atomic E-state index is 0.0760. The Hall–Kier alpha value is -0.940. The van der Waals surface area contributed by atoms with Crippen molar-refractivity contribution in [3.63, 3.8) is 0 Å². The number of hydrogen-bond donors (Lipinski definition) is 0. The van der Waals surface area contributed by atoms with Gasteiger partial charge in [0.15, 0.2) is 0 Å². The third kappa shape index (κ3) is 7.70. The van der Waals surface area contributed by atoms with Crippen molar-refractivity contribution in [1.82, 2.24) is 4.90 Å². The SMILES string of the molecule is CCCN(CCN=[N+]=[N-])CC(F)(F)F.